The molecule has 0 aliphatic carbocycles. The lowest BCUT2D eigenvalue weighted by atomic mass is 10.0. The van der Waals surface area contributed by atoms with Crippen LogP contribution in [0.15, 0.2) is 42.5 Å². The number of rotatable bonds is 5. The number of nitrogens with one attached hydrogen (secondary N) is 1. The smallest absolute Gasteiger partial charge is 0.381 e. The Morgan fingerprint density at radius 3 is 2.50 bits per heavy atom. The minimum atomic E-state index is -4.78. The maximum absolute atomic E-state index is 12.7. The Kier molecular flexibility index (Phi) is 5.08. The van der Waals surface area contributed by atoms with Gasteiger partial charge in [-0.2, -0.15) is 13.2 Å². The third-order valence-corrected chi connectivity index (χ3v) is 3.65. The summed E-state index contributed by atoms with van der Waals surface area (Å²) in [5.41, 5.74) is 0.781. The molecule has 0 saturated carbocycles. The van der Waals surface area contributed by atoms with Crippen molar-refractivity contribution < 1.29 is 23.2 Å². The highest BCUT2D eigenvalue weighted by molar-refractivity contribution is 5.54. The molecule has 0 fully saturated rings. The first kappa shape index (κ1) is 17.7. The average molecular weight is 340 g/mol. The third kappa shape index (κ3) is 3.83. The second-order valence-corrected chi connectivity index (χ2v) is 5.20. The molecule has 128 valence electrons. The molecule has 2 N–H and O–H groups in total. The van der Waals surface area contributed by atoms with Gasteiger partial charge in [0.05, 0.1) is 4.92 Å². The standard InChI is InChI=1S/C16H15F3N2O3/c1-10-11(5-4-8-14(10)21(23)24)9-20-13-7-3-2-6-12(13)15(22)16(17,18)19/h2-8,15,20,22H,9H2,1H3/t15-/m1/s1. The van der Waals surface area contributed by atoms with E-state index in [1.807, 2.05) is 0 Å². The van der Waals surface area contributed by atoms with Crippen molar-refractivity contribution in [2.24, 2.45) is 0 Å². The van der Waals surface area contributed by atoms with Gasteiger partial charge in [-0.15, -0.1) is 0 Å². The average Bonchev–Trinajstić information content (AvgIpc) is 2.52. The molecule has 0 radical (unpaired) electrons. The van der Waals surface area contributed by atoms with Crippen LogP contribution in [-0.4, -0.2) is 16.2 Å². The summed E-state index contributed by atoms with van der Waals surface area (Å²) >= 11 is 0. The van der Waals surface area contributed by atoms with Gasteiger partial charge in [0, 0.05) is 29.4 Å². The van der Waals surface area contributed by atoms with Gasteiger partial charge in [0.1, 0.15) is 0 Å². The van der Waals surface area contributed by atoms with Crippen LogP contribution < -0.4 is 5.32 Å². The van der Waals surface area contributed by atoms with Crippen LogP contribution >= 0.6 is 0 Å². The van der Waals surface area contributed by atoms with E-state index in [1.54, 1.807) is 13.0 Å². The molecule has 0 unspecified atom stereocenters. The van der Waals surface area contributed by atoms with Crippen molar-refractivity contribution in [1.82, 2.24) is 0 Å². The van der Waals surface area contributed by atoms with Gasteiger partial charge in [-0.1, -0.05) is 30.3 Å². The Hall–Kier alpha value is -2.61. The van der Waals surface area contributed by atoms with E-state index in [4.69, 9.17) is 0 Å². The Bertz CT molecular complexity index is 748. The number of hydrogen-bond acceptors (Lipinski definition) is 4. The van der Waals surface area contributed by atoms with Gasteiger partial charge >= 0.3 is 6.18 Å². The van der Waals surface area contributed by atoms with Crippen LogP contribution in [0, 0.1) is 17.0 Å². The minimum absolute atomic E-state index is 0.0575. The Morgan fingerprint density at radius 1 is 1.21 bits per heavy atom. The van der Waals surface area contributed by atoms with Crippen LogP contribution in [0.5, 0.6) is 0 Å². The number of hydrogen-bond donors (Lipinski definition) is 2. The van der Waals surface area contributed by atoms with Gasteiger partial charge in [0.25, 0.3) is 5.69 Å². The van der Waals surface area contributed by atoms with Crippen molar-refractivity contribution in [3.8, 4) is 0 Å². The normalized spacial score (nSPS) is 12.7. The molecule has 0 spiro atoms. The van der Waals surface area contributed by atoms with Crippen LogP contribution in [0.1, 0.15) is 22.8 Å². The van der Waals surface area contributed by atoms with Crippen molar-refractivity contribution in [2.75, 3.05) is 5.32 Å². The molecule has 5 nitrogen and oxygen atoms in total. The van der Waals surface area contributed by atoms with E-state index in [-0.39, 0.29) is 23.5 Å². The fourth-order valence-corrected chi connectivity index (χ4v) is 2.32. The van der Waals surface area contributed by atoms with Crippen LogP contribution in [0.3, 0.4) is 0 Å². The van der Waals surface area contributed by atoms with E-state index in [0.717, 1.165) is 0 Å². The van der Waals surface area contributed by atoms with E-state index < -0.39 is 17.2 Å². The molecular weight excluding hydrogens is 325 g/mol. The molecule has 0 aromatic heterocycles. The topological polar surface area (TPSA) is 75.4 Å². The lowest BCUT2D eigenvalue weighted by Crippen LogP contribution is -2.21. The molecule has 0 amide bonds. The molecule has 2 aromatic carbocycles. The van der Waals surface area contributed by atoms with Gasteiger partial charge in [-0.3, -0.25) is 10.1 Å². The zero-order valence-electron chi connectivity index (χ0n) is 12.7. The van der Waals surface area contributed by atoms with Gasteiger partial charge in [-0.25, -0.2) is 0 Å². The van der Waals surface area contributed by atoms with E-state index in [9.17, 15) is 28.4 Å². The first-order chi connectivity index (χ1) is 11.2. The van der Waals surface area contributed by atoms with Crippen LogP contribution in [0.4, 0.5) is 24.5 Å². The largest absolute Gasteiger partial charge is 0.418 e. The van der Waals surface area contributed by atoms with Gasteiger partial charge < -0.3 is 10.4 Å². The lowest BCUT2D eigenvalue weighted by Gasteiger charge is -2.19. The fraction of sp³-hybridized carbons (Fsp3) is 0.250. The monoisotopic (exact) mass is 340 g/mol. The lowest BCUT2D eigenvalue weighted by molar-refractivity contribution is -0.385. The summed E-state index contributed by atoms with van der Waals surface area (Å²) in [4.78, 5) is 10.4. The van der Waals surface area contributed by atoms with Crippen LogP contribution in [0.25, 0.3) is 0 Å². The number of alkyl halides is 3. The first-order valence-electron chi connectivity index (χ1n) is 7.02. The van der Waals surface area contributed by atoms with E-state index in [0.29, 0.717) is 11.1 Å². The number of benzene rings is 2. The Labute approximate surface area is 135 Å². The highest BCUT2D eigenvalue weighted by Gasteiger charge is 2.40. The second-order valence-electron chi connectivity index (χ2n) is 5.20. The molecule has 8 heteroatoms. The molecule has 0 saturated heterocycles. The quantitative estimate of drug-likeness (QED) is 0.634. The summed E-state index contributed by atoms with van der Waals surface area (Å²) in [6.45, 7) is 1.67. The summed E-state index contributed by atoms with van der Waals surface area (Å²) < 4.78 is 38.2. The summed E-state index contributed by atoms with van der Waals surface area (Å²) in [6, 6.07) is 10.1. The molecule has 0 aliphatic rings. The van der Waals surface area contributed by atoms with Crippen LogP contribution in [0.2, 0.25) is 0 Å². The molecule has 0 heterocycles. The Balaban J connectivity index is 2.25. The number of nitro benzene ring substituents is 1. The summed E-state index contributed by atoms with van der Waals surface area (Å²) in [6.07, 6.45) is -7.38. The summed E-state index contributed by atoms with van der Waals surface area (Å²) in [7, 11) is 0. The minimum Gasteiger partial charge on any atom is -0.381 e. The van der Waals surface area contributed by atoms with Crippen LogP contribution in [-0.2, 0) is 6.54 Å². The maximum atomic E-state index is 12.7. The van der Waals surface area contributed by atoms with Gasteiger partial charge in [0.15, 0.2) is 6.10 Å². The highest BCUT2D eigenvalue weighted by Crippen LogP contribution is 2.36. The number of aliphatic hydroxyl groups is 1. The molecule has 2 aromatic rings. The predicted molar refractivity (Wildman–Crippen MR) is 82.6 cm³/mol. The number of para-hydroxylation sites is 1. The summed E-state index contributed by atoms with van der Waals surface area (Å²) in [5, 5.41) is 23.2. The number of halogens is 3. The van der Waals surface area contributed by atoms with Crippen molar-refractivity contribution in [3.05, 3.63) is 69.3 Å². The SMILES string of the molecule is Cc1c(CNc2ccccc2[C@@H](O)C(F)(F)F)cccc1[N+](=O)[O-]. The molecule has 0 bridgehead atoms. The molecule has 24 heavy (non-hydrogen) atoms. The maximum Gasteiger partial charge on any atom is 0.418 e. The third-order valence-electron chi connectivity index (χ3n) is 3.65. The van der Waals surface area contributed by atoms with Gasteiger partial charge in [-0.05, 0) is 18.6 Å². The molecular formula is C16H15F3N2O3. The van der Waals surface area contributed by atoms with Gasteiger partial charge in [0.2, 0.25) is 0 Å². The highest BCUT2D eigenvalue weighted by atomic mass is 19.4. The zero-order chi connectivity index (χ0) is 17.9. The van der Waals surface area contributed by atoms with E-state index in [2.05, 4.69) is 5.32 Å². The van der Waals surface area contributed by atoms with Crippen molar-refractivity contribution in [3.63, 3.8) is 0 Å². The van der Waals surface area contributed by atoms with E-state index in [1.165, 1.54) is 36.4 Å². The number of nitro groups is 1. The van der Waals surface area contributed by atoms with E-state index >= 15 is 0 Å². The second kappa shape index (κ2) is 6.88. The predicted octanol–water partition coefficient (Wildman–Crippen LogP) is 4.11. The van der Waals surface area contributed by atoms with Crippen molar-refractivity contribution in [1.29, 1.82) is 0 Å². The number of anilines is 1. The fourth-order valence-electron chi connectivity index (χ4n) is 2.32. The zero-order valence-corrected chi connectivity index (χ0v) is 12.7. The van der Waals surface area contributed by atoms with Crippen molar-refractivity contribution >= 4 is 11.4 Å². The molecule has 1 atom stereocenters. The number of aliphatic hydroxyl groups excluding tert-OH is 1. The Morgan fingerprint density at radius 2 is 1.88 bits per heavy atom. The van der Waals surface area contributed by atoms with Crippen molar-refractivity contribution in [2.45, 2.75) is 25.7 Å². The number of nitrogens with zero attached hydrogens (tertiary/aromatic N) is 1. The molecule has 0 aliphatic heterocycles. The summed E-state index contributed by atoms with van der Waals surface area (Å²) in [5.74, 6) is 0. The first-order valence-corrected chi connectivity index (χ1v) is 7.02. The molecule has 2 rings (SSSR count).